The first kappa shape index (κ1) is 15.1. The van der Waals surface area contributed by atoms with Gasteiger partial charge in [0.05, 0.1) is 5.92 Å². The third-order valence-corrected chi connectivity index (χ3v) is 4.70. The zero-order valence-corrected chi connectivity index (χ0v) is 13.3. The molecule has 0 heterocycles. The molecule has 2 rings (SSSR count). The van der Waals surface area contributed by atoms with Crippen molar-refractivity contribution < 1.29 is 4.79 Å². The molecule has 0 fully saturated rings. The van der Waals surface area contributed by atoms with Crippen LogP contribution in [0.5, 0.6) is 0 Å². The van der Waals surface area contributed by atoms with Gasteiger partial charge < -0.3 is 4.90 Å². The van der Waals surface area contributed by atoms with Crippen molar-refractivity contribution in [2.75, 3.05) is 14.1 Å². The zero-order chi connectivity index (χ0) is 14.8. The van der Waals surface area contributed by atoms with Crippen molar-refractivity contribution in [1.29, 1.82) is 0 Å². The number of rotatable bonds is 5. The fraction of sp³-hybridized carbons (Fsp3) is 0.611. The van der Waals surface area contributed by atoms with Crippen molar-refractivity contribution in [3.63, 3.8) is 0 Å². The minimum atomic E-state index is 0.0549. The number of likely N-dealkylation sites (N-methyl/N-ethyl adjacent to an activating group) is 1. The number of hydrogen-bond donors (Lipinski definition) is 0. The van der Waals surface area contributed by atoms with Gasteiger partial charge in [-0.1, -0.05) is 51.0 Å². The molecule has 20 heavy (non-hydrogen) atoms. The first-order chi connectivity index (χ1) is 9.55. The van der Waals surface area contributed by atoms with Gasteiger partial charge >= 0.3 is 0 Å². The summed E-state index contributed by atoms with van der Waals surface area (Å²) in [5, 5.41) is 0. The van der Waals surface area contributed by atoms with Gasteiger partial charge in [0.2, 0.25) is 5.91 Å². The highest BCUT2D eigenvalue weighted by Crippen LogP contribution is 2.51. The lowest BCUT2D eigenvalue weighted by atomic mass is 9.74. The molecule has 1 amide bonds. The van der Waals surface area contributed by atoms with Crippen LogP contribution in [0, 0.1) is 0 Å². The summed E-state index contributed by atoms with van der Waals surface area (Å²) in [6.45, 7) is 4.50. The van der Waals surface area contributed by atoms with Crippen LogP contribution in [0.25, 0.3) is 0 Å². The van der Waals surface area contributed by atoms with E-state index in [2.05, 4.69) is 38.1 Å². The molecule has 0 aromatic heterocycles. The van der Waals surface area contributed by atoms with Crippen molar-refractivity contribution in [3.05, 3.63) is 35.4 Å². The predicted octanol–water partition coefficient (Wildman–Crippen LogP) is 4.10. The number of amides is 1. The summed E-state index contributed by atoms with van der Waals surface area (Å²) in [7, 11) is 3.73. The fourth-order valence-corrected chi connectivity index (χ4v) is 3.98. The Labute approximate surface area is 123 Å². The molecule has 0 saturated heterocycles. The van der Waals surface area contributed by atoms with Crippen LogP contribution in [-0.4, -0.2) is 24.9 Å². The highest BCUT2D eigenvalue weighted by molar-refractivity contribution is 5.85. The van der Waals surface area contributed by atoms with E-state index >= 15 is 0 Å². The molecule has 110 valence electrons. The number of benzene rings is 1. The zero-order valence-electron chi connectivity index (χ0n) is 13.3. The van der Waals surface area contributed by atoms with Gasteiger partial charge in [0, 0.05) is 14.1 Å². The minimum Gasteiger partial charge on any atom is -0.348 e. The van der Waals surface area contributed by atoms with E-state index in [-0.39, 0.29) is 17.2 Å². The Morgan fingerprint density at radius 1 is 1.20 bits per heavy atom. The lowest BCUT2D eigenvalue weighted by Crippen LogP contribution is -2.29. The monoisotopic (exact) mass is 273 g/mol. The second kappa shape index (κ2) is 5.99. The Hall–Kier alpha value is -1.31. The van der Waals surface area contributed by atoms with Gasteiger partial charge in [-0.3, -0.25) is 4.79 Å². The molecule has 1 aliphatic rings. The van der Waals surface area contributed by atoms with Crippen molar-refractivity contribution >= 4 is 5.91 Å². The standard InChI is InChI=1S/C18H27NO/c1-5-11-18(12-6-2)13-15(17(20)19(3)4)14-9-7-8-10-16(14)18/h7-10,15H,5-6,11-13H2,1-4H3. The van der Waals surface area contributed by atoms with Crippen molar-refractivity contribution in [3.8, 4) is 0 Å². The second-order valence-electron chi connectivity index (χ2n) is 6.36. The van der Waals surface area contributed by atoms with Gasteiger partial charge in [0.1, 0.15) is 0 Å². The molecular weight excluding hydrogens is 246 g/mol. The molecule has 1 atom stereocenters. The van der Waals surface area contributed by atoms with Crippen LogP contribution in [-0.2, 0) is 10.2 Å². The molecule has 2 heteroatoms. The van der Waals surface area contributed by atoms with Crippen LogP contribution >= 0.6 is 0 Å². The van der Waals surface area contributed by atoms with Crippen molar-refractivity contribution in [2.45, 2.75) is 57.3 Å². The Morgan fingerprint density at radius 2 is 1.80 bits per heavy atom. The number of nitrogens with zero attached hydrogens (tertiary/aromatic N) is 1. The minimum absolute atomic E-state index is 0.0549. The lowest BCUT2D eigenvalue weighted by Gasteiger charge is -2.30. The molecular formula is C18H27NO. The van der Waals surface area contributed by atoms with Gasteiger partial charge in [-0.2, -0.15) is 0 Å². The van der Waals surface area contributed by atoms with E-state index in [9.17, 15) is 4.79 Å². The van der Waals surface area contributed by atoms with Crippen LogP contribution in [0.15, 0.2) is 24.3 Å². The van der Waals surface area contributed by atoms with Gasteiger partial charge in [-0.25, -0.2) is 0 Å². The average Bonchev–Trinajstić information content (AvgIpc) is 2.74. The smallest absolute Gasteiger partial charge is 0.229 e. The van der Waals surface area contributed by atoms with Crippen LogP contribution in [0.1, 0.15) is 63.0 Å². The van der Waals surface area contributed by atoms with Crippen LogP contribution < -0.4 is 0 Å². The summed E-state index contributed by atoms with van der Waals surface area (Å²) in [5.74, 6) is 0.311. The van der Waals surface area contributed by atoms with E-state index in [0.717, 1.165) is 6.42 Å². The summed E-state index contributed by atoms with van der Waals surface area (Å²) in [6, 6.07) is 8.61. The fourth-order valence-electron chi connectivity index (χ4n) is 3.98. The molecule has 2 nitrogen and oxygen atoms in total. The lowest BCUT2D eigenvalue weighted by molar-refractivity contribution is -0.130. The summed E-state index contributed by atoms with van der Waals surface area (Å²) >= 11 is 0. The van der Waals surface area contributed by atoms with E-state index in [0.29, 0.717) is 0 Å². The predicted molar refractivity (Wildman–Crippen MR) is 84.0 cm³/mol. The van der Waals surface area contributed by atoms with E-state index in [1.807, 2.05) is 14.1 Å². The number of carbonyl (C=O) groups is 1. The van der Waals surface area contributed by atoms with Gasteiger partial charge in [0.25, 0.3) is 0 Å². The van der Waals surface area contributed by atoms with Gasteiger partial charge in [0.15, 0.2) is 0 Å². The van der Waals surface area contributed by atoms with Gasteiger partial charge in [-0.15, -0.1) is 0 Å². The molecule has 1 unspecified atom stereocenters. The molecule has 1 aliphatic carbocycles. The van der Waals surface area contributed by atoms with Crippen LogP contribution in [0.2, 0.25) is 0 Å². The molecule has 0 bridgehead atoms. The summed E-state index contributed by atoms with van der Waals surface area (Å²) in [6.07, 6.45) is 5.73. The van der Waals surface area contributed by atoms with Crippen molar-refractivity contribution in [1.82, 2.24) is 4.90 Å². The molecule has 0 radical (unpaired) electrons. The number of fused-ring (bicyclic) bond motifs is 1. The third kappa shape index (κ3) is 2.48. The second-order valence-corrected chi connectivity index (χ2v) is 6.36. The van der Waals surface area contributed by atoms with Crippen LogP contribution in [0.4, 0.5) is 0 Å². The van der Waals surface area contributed by atoms with Crippen molar-refractivity contribution in [2.24, 2.45) is 0 Å². The highest BCUT2D eigenvalue weighted by atomic mass is 16.2. The van der Waals surface area contributed by atoms with Gasteiger partial charge in [-0.05, 0) is 35.8 Å². The molecule has 0 saturated carbocycles. The first-order valence-electron chi connectivity index (χ1n) is 7.86. The molecule has 0 N–H and O–H groups in total. The topological polar surface area (TPSA) is 20.3 Å². The van der Waals surface area contributed by atoms with E-state index in [1.54, 1.807) is 4.90 Å². The Kier molecular flexibility index (Phi) is 4.52. The van der Waals surface area contributed by atoms with E-state index in [4.69, 9.17) is 0 Å². The number of hydrogen-bond acceptors (Lipinski definition) is 1. The first-order valence-corrected chi connectivity index (χ1v) is 7.86. The Balaban J connectivity index is 2.46. The Bertz CT molecular complexity index is 472. The largest absolute Gasteiger partial charge is 0.348 e. The highest BCUT2D eigenvalue weighted by Gasteiger charge is 2.45. The third-order valence-electron chi connectivity index (χ3n) is 4.70. The van der Waals surface area contributed by atoms with E-state index in [1.165, 1.54) is 36.8 Å². The maximum Gasteiger partial charge on any atom is 0.229 e. The summed E-state index contributed by atoms with van der Waals surface area (Å²) in [5.41, 5.74) is 2.92. The molecule has 0 aliphatic heterocycles. The molecule has 1 aromatic rings. The SMILES string of the molecule is CCCC1(CCC)CC(C(=O)N(C)C)c2ccccc21. The summed E-state index contributed by atoms with van der Waals surface area (Å²) in [4.78, 5) is 14.3. The maximum atomic E-state index is 12.5. The Morgan fingerprint density at radius 3 is 2.35 bits per heavy atom. The molecule has 1 aromatic carbocycles. The molecule has 0 spiro atoms. The normalized spacial score (nSPS) is 19.7. The van der Waals surface area contributed by atoms with E-state index < -0.39 is 0 Å². The quantitative estimate of drug-likeness (QED) is 0.791. The number of carbonyl (C=O) groups excluding carboxylic acids is 1. The maximum absolute atomic E-state index is 12.5. The average molecular weight is 273 g/mol. The summed E-state index contributed by atoms with van der Waals surface area (Å²) < 4.78 is 0. The van der Waals surface area contributed by atoms with Crippen LogP contribution in [0.3, 0.4) is 0 Å².